The molecule has 1 amide bonds. The molecule has 0 radical (unpaired) electrons. The first-order chi connectivity index (χ1) is 9.15. The third-order valence-electron chi connectivity index (χ3n) is 2.29. The minimum atomic E-state index is -0.663. The van der Waals surface area contributed by atoms with Gasteiger partial charge in [0.15, 0.2) is 0 Å². The molecule has 0 saturated carbocycles. The summed E-state index contributed by atoms with van der Waals surface area (Å²) in [6.45, 7) is 0.290. The van der Waals surface area contributed by atoms with Crippen molar-refractivity contribution in [1.82, 2.24) is 5.32 Å². The van der Waals surface area contributed by atoms with E-state index in [-0.39, 0.29) is 23.1 Å². The minimum Gasteiger partial charge on any atom is -0.467 e. The van der Waals surface area contributed by atoms with Crippen molar-refractivity contribution >= 4 is 17.7 Å². The average molecular weight is 283 g/mol. The van der Waals surface area contributed by atoms with Crippen LogP contribution >= 0.6 is 11.8 Å². The summed E-state index contributed by atoms with van der Waals surface area (Å²) in [4.78, 5) is 11.8. The molecule has 0 spiro atoms. The van der Waals surface area contributed by atoms with Gasteiger partial charge in [0.25, 0.3) is 0 Å². The normalized spacial score (nSPS) is 10.4. The van der Waals surface area contributed by atoms with Crippen molar-refractivity contribution in [2.24, 2.45) is 0 Å². The molecule has 0 fully saturated rings. The summed E-state index contributed by atoms with van der Waals surface area (Å²) in [5.41, 5.74) is 0. The van der Waals surface area contributed by atoms with Crippen LogP contribution in [0, 0.1) is 11.6 Å². The molecule has 3 nitrogen and oxygen atoms in total. The highest BCUT2D eigenvalue weighted by Gasteiger charge is 2.08. The Morgan fingerprint density at radius 2 is 2.16 bits per heavy atom. The molecule has 6 heteroatoms. The number of furan rings is 1. The molecule has 1 aromatic heterocycles. The molecule has 1 heterocycles. The van der Waals surface area contributed by atoms with Crippen LogP contribution in [0.5, 0.6) is 0 Å². The molecule has 0 unspecified atom stereocenters. The topological polar surface area (TPSA) is 42.2 Å². The van der Waals surface area contributed by atoms with Gasteiger partial charge in [0.05, 0.1) is 18.6 Å². The molecule has 1 N–H and O–H groups in total. The van der Waals surface area contributed by atoms with E-state index in [1.165, 1.54) is 12.3 Å². The highest BCUT2D eigenvalue weighted by molar-refractivity contribution is 8.00. The lowest BCUT2D eigenvalue weighted by Crippen LogP contribution is -2.24. The number of hydrogen-bond acceptors (Lipinski definition) is 3. The monoisotopic (exact) mass is 283 g/mol. The van der Waals surface area contributed by atoms with Gasteiger partial charge < -0.3 is 9.73 Å². The highest BCUT2D eigenvalue weighted by atomic mass is 32.2. The van der Waals surface area contributed by atoms with Crippen molar-refractivity contribution in [3.05, 3.63) is 54.0 Å². The number of amides is 1. The number of hydrogen-bond donors (Lipinski definition) is 1. The summed E-state index contributed by atoms with van der Waals surface area (Å²) in [5.74, 6) is -0.840. The quantitative estimate of drug-likeness (QED) is 0.858. The van der Waals surface area contributed by atoms with Gasteiger partial charge in [-0.2, -0.15) is 0 Å². The summed E-state index contributed by atoms with van der Waals surface area (Å²) in [7, 11) is 0. The van der Waals surface area contributed by atoms with Crippen LogP contribution in [0.15, 0.2) is 45.9 Å². The van der Waals surface area contributed by atoms with E-state index >= 15 is 0 Å². The average Bonchev–Trinajstić information content (AvgIpc) is 2.88. The fourth-order valence-electron chi connectivity index (χ4n) is 1.39. The third-order valence-corrected chi connectivity index (χ3v) is 3.34. The third kappa shape index (κ3) is 4.10. The Hall–Kier alpha value is -1.82. The Morgan fingerprint density at radius 1 is 1.32 bits per heavy atom. The van der Waals surface area contributed by atoms with Gasteiger partial charge in [-0.3, -0.25) is 4.79 Å². The SMILES string of the molecule is O=C(CSc1ccc(F)cc1F)NCc1ccco1. The zero-order valence-corrected chi connectivity index (χ0v) is 10.7. The number of rotatable bonds is 5. The van der Waals surface area contributed by atoms with Crippen molar-refractivity contribution < 1.29 is 18.0 Å². The molecule has 0 bridgehead atoms. The van der Waals surface area contributed by atoms with E-state index in [4.69, 9.17) is 4.42 Å². The standard InChI is InChI=1S/C13H11F2NO2S/c14-9-3-4-12(11(15)6-9)19-8-13(17)16-7-10-2-1-5-18-10/h1-6H,7-8H2,(H,16,17). The number of carbonyl (C=O) groups is 1. The molecule has 0 saturated heterocycles. The molecule has 2 aromatic rings. The second kappa shape index (κ2) is 6.38. The lowest BCUT2D eigenvalue weighted by atomic mass is 10.3. The fourth-order valence-corrected chi connectivity index (χ4v) is 2.14. The van der Waals surface area contributed by atoms with Crippen molar-refractivity contribution in [1.29, 1.82) is 0 Å². The molecule has 1 aromatic carbocycles. The Morgan fingerprint density at radius 3 is 2.84 bits per heavy atom. The van der Waals surface area contributed by atoms with E-state index in [1.54, 1.807) is 12.1 Å². The van der Waals surface area contributed by atoms with Crippen molar-refractivity contribution in [2.75, 3.05) is 5.75 Å². The van der Waals surface area contributed by atoms with E-state index < -0.39 is 11.6 Å². The largest absolute Gasteiger partial charge is 0.467 e. The second-order valence-corrected chi connectivity index (χ2v) is 4.74. The summed E-state index contributed by atoms with van der Waals surface area (Å²) in [6.07, 6.45) is 1.52. The van der Waals surface area contributed by atoms with Crippen LogP contribution in [0.2, 0.25) is 0 Å². The molecular weight excluding hydrogens is 272 g/mol. The summed E-state index contributed by atoms with van der Waals surface area (Å²) >= 11 is 1.02. The number of benzene rings is 1. The van der Waals surface area contributed by atoms with E-state index in [0.717, 1.165) is 23.9 Å². The lowest BCUT2D eigenvalue weighted by molar-refractivity contribution is -0.118. The van der Waals surface area contributed by atoms with Gasteiger partial charge in [-0.1, -0.05) is 0 Å². The number of carbonyl (C=O) groups excluding carboxylic acids is 1. The van der Waals surface area contributed by atoms with Gasteiger partial charge in [-0.25, -0.2) is 8.78 Å². The molecule has 0 aliphatic carbocycles. The van der Waals surface area contributed by atoms with E-state index in [2.05, 4.69) is 5.32 Å². The first kappa shape index (κ1) is 13.6. The Labute approximate surface area is 113 Å². The fraction of sp³-hybridized carbons (Fsp3) is 0.154. The van der Waals surface area contributed by atoms with E-state index in [9.17, 15) is 13.6 Å². The van der Waals surface area contributed by atoms with Gasteiger partial charge in [-0.05, 0) is 24.3 Å². The Kier molecular flexibility index (Phi) is 4.57. The predicted molar refractivity (Wildman–Crippen MR) is 67.6 cm³/mol. The van der Waals surface area contributed by atoms with Gasteiger partial charge in [-0.15, -0.1) is 11.8 Å². The first-order valence-corrected chi connectivity index (χ1v) is 6.50. The summed E-state index contributed by atoms with van der Waals surface area (Å²) < 4.78 is 31.0. The van der Waals surface area contributed by atoms with Gasteiger partial charge in [0.1, 0.15) is 17.4 Å². The van der Waals surface area contributed by atoms with Gasteiger partial charge in [0, 0.05) is 11.0 Å². The molecule has 19 heavy (non-hydrogen) atoms. The Balaban J connectivity index is 1.80. The van der Waals surface area contributed by atoms with Crippen LogP contribution in [0.4, 0.5) is 8.78 Å². The summed E-state index contributed by atoms with van der Waals surface area (Å²) in [5, 5.41) is 2.64. The van der Waals surface area contributed by atoms with E-state index in [1.807, 2.05) is 0 Å². The molecule has 0 aliphatic rings. The maximum Gasteiger partial charge on any atom is 0.230 e. The molecule has 0 atom stereocenters. The smallest absolute Gasteiger partial charge is 0.230 e. The van der Waals surface area contributed by atoms with Crippen LogP contribution in [0.3, 0.4) is 0 Å². The van der Waals surface area contributed by atoms with Crippen LogP contribution in [-0.2, 0) is 11.3 Å². The molecular formula is C13H11F2NO2S. The van der Waals surface area contributed by atoms with Crippen LogP contribution in [0.1, 0.15) is 5.76 Å². The van der Waals surface area contributed by atoms with Crippen LogP contribution in [0.25, 0.3) is 0 Å². The van der Waals surface area contributed by atoms with Crippen molar-refractivity contribution in [2.45, 2.75) is 11.4 Å². The van der Waals surface area contributed by atoms with Crippen molar-refractivity contribution in [3.8, 4) is 0 Å². The summed E-state index contributed by atoms with van der Waals surface area (Å²) in [6, 6.07) is 6.74. The maximum atomic E-state index is 13.3. The van der Waals surface area contributed by atoms with Gasteiger partial charge in [0.2, 0.25) is 5.91 Å². The van der Waals surface area contributed by atoms with Crippen LogP contribution < -0.4 is 5.32 Å². The van der Waals surface area contributed by atoms with Crippen molar-refractivity contribution in [3.63, 3.8) is 0 Å². The number of nitrogens with one attached hydrogen (secondary N) is 1. The molecule has 0 aliphatic heterocycles. The second-order valence-electron chi connectivity index (χ2n) is 3.72. The highest BCUT2D eigenvalue weighted by Crippen LogP contribution is 2.21. The molecule has 2 rings (SSSR count). The number of halogens is 2. The predicted octanol–water partition coefficient (Wildman–Crippen LogP) is 2.97. The number of thioether (sulfide) groups is 1. The zero-order valence-electron chi connectivity index (χ0n) is 9.86. The Bertz CT molecular complexity index is 558. The van der Waals surface area contributed by atoms with Gasteiger partial charge >= 0.3 is 0 Å². The lowest BCUT2D eigenvalue weighted by Gasteiger charge is -2.04. The molecule has 100 valence electrons. The van der Waals surface area contributed by atoms with E-state index in [0.29, 0.717) is 5.76 Å². The van der Waals surface area contributed by atoms with Crippen LogP contribution in [-0.4, -0.2) is 11.7 Å². The maximum absolute atomic E-state index is 13.3. The zero-order chi connectivity index (χ0) is 13.7. The first-order valence-electron chi connectivity index (χ1n) is 5.52. The minimum absolute atomic E-state index is 0.0588.